The number of benzene rings is 2. The first-order valence-corrected chi connectivity index (χ1v) is 9.74. The first-order chi connectivity index (χ1) is 15.0. The number of carbonyl (C=O) groups excluding carboxylic acids is 2. The lowest BCUT2D eigenvalue weighted by atomic mass is 9.82. The maximum Gasteiger partial charge on any atom is 0.214 e. The number of nitrogens with zero attached hydrogens (tertiary/aromatic N) is 1. The van der Waals surface area contributed by atoms with E-state index in [1.165, 1.54) is 18.4 Å². The highest BCUT2D eigenvalue weighted by atomic mass is 16.6. The minimum absolute atomic E-state index is 0.227. The Kier molecular flexibility index (Phi) is 7.43. The maximum atomic E-state index is 13.1. The molecule has 0 unspecified atom stereocenters. The van der Waals surface area contributed by atoms with E-state index in [2.05, 4.69) is 0 Å². The quantitative estimate of drug-likeness (QED) is 0.205. The summed E-state index contributed by atoms with van der Waals surface area (Å²) in [6.07, 6.45) is 7.14. The molecule has 0 bridgehead atoms. The Morgan fingerprint density at radius 1 is 0.839 bits per heavy atom. The molecule has 3 rings (SSSR count). The molecule has 2 aromatic carbocycles. The maximum absolute atomic E-state index is 13.1. The number of allylic oxidation sites excluding steroid dienone is 2. The second-order valence-corrected chi connectivity index (χ2v) is 6.91. The second kappa shape index (κ2) is 10.6. The average molecular weight is 415 g/mol. The minimum Gasteiger partial charge on any atom is -0.469 e. The molecule has 1 aromatic heterocycles. The van der Waals surface area contributed by atoms with Crippen LogP contribution in [0, 0.1) is 16.0 Å². The van der Waals surface area contributed by atoms with Gasteiger partial charge in [-0.2, -0.15) is 0 Å². The SMILES string of the molecule is O=C(/C=C/c1ccccc1)C(C(=O)/C=C/c1ccccc1)[C@@H](C[N+](=O)[O-])c1ccco1. The zero-order chi connectivity index (χ0) is 22.1. The van der Waals surface area contributed by atoms with Gasteiger partial charge in [0.2, 0.25) is 6.54 Å². The highest BCUT2D eigenvalue weighted by molar-refractivity contribution is 6.14. The van der Waals surface area contributed by atoms with Gasteiger partial charge in [0.25, 0.3) is 0 Å². The van der Waals surface area contributed by atoms with Gasteiger partial charge in [-0.25, -0.2) is 0 Å². The van der Waals surface area contributed by atoms with E-state index in [4.69, 9.17) is 4.42 Å². The van der Waals surface area contributed by atoms with Gasteiger partial charge in [-0.3, -0.25) is 19.7 Å². The minimum atomic E-state index is -1.28. The van der Waals surface area contributed by atoms with Crippen LogP contribution >= 0.6 is 0 Å². The Morgan fingerprint density at radius 3 is 1.77 bits per heavy atom. The van der Waals surface area contributed by atoms with E-state index < -0.39 is 34.9 Å². The highest BCUT2D eigenvalue weighted by Gasteiger charge is 2.38. The Hall–Kier alpha value is -4.06. The summed E-state index contributed by atoms with van der Waals surface area (Å²) in [5.74, 6) is -3.11. The third kappa shape index (κ3) is 6.21. The van der Waals surface area contributed by atoms with E-state index in [1.807, 2.05) is 60.7 Å². The summed E-state index contributed by atoms with van der Waals surface area (Å²) >= 11 is 0. The van der Waals surface area contributed by atoms with Crippen LogP contribution in [0.3, 0.4) is 0 Å². The van der Waals surface area contributed by atoms with Crippen LogP contribution in [-0.4, -0.2) is 23.0 Å². The fraction of sp³-hybridized carbons (Fsp3) is 0.120. The van der Waals surface area contributed by atoms with Crippen LogP contribution in [0.15, 0.2) is 95.6 Å². The van der Waals surface area contributed by atoms with Crippen LogP contribution in [0.2, 0.25) is 0 Å². The number of rotatable bonds is 10. The molecule has 0 radical (unpaired) electrons. The van der Waals surface area contributed by atoms with Gasteiger partial charge in [0.1, 0.15) is 11.7 Å². The normalized spacial score (nSPS) is 12.4. The van der Waals surface area contributed by atoms with Gasteiger partial charge >= 0.3 is 0 Å². The summed E-state index contributed by atoms with van der Waals surface area (Å²) < 4.78 is 5.35. The van der Waals surface area contributed by atoms with Crippen molar-refractivity contribution in [2.75, 3.05) is 6.54 Å². The van der Waals surface area contributed by atoms with E-state index in [-0.39, 0.29) is 5.76 Å². The first-order valence-electron chi connectivity index (χ1n) is 9.74. The molecule has 6 heteroatoms. The molecular weight excluding hydrogens is 394 g/mol. The van der Waals surface area contributed by atoms with Gasteiger partial charge in [0.15, 0.2) is 11.6 Å². The molecule has 0 fully saturated rings. The Labute approximate surface area is 179 Å². The summed E-state index contributed by atoms with van der Waals surface area (Å²) in [5, 5.41) is 11.3. The van der Waals surface area contributed by atoms with E-state index >= 15 is 0 Å². The van der Waals surface area contributed by atoms with Gasteiger partial charge in [-0.05, 0) is 35.4 Å². The van der Waals surface area contributed by atoms with Crippen LogP contribution in [0.5, 0.6) is 0 Å². The highest BCUT2D eigenvalue weighted by Crippen LogP contribution is 2.29. The van der Waals surface area contributed by atoms with Crippen molar-refractivity contribution in [1.82, 2.24) is 0 Å². The number of furan rings is 1. The zero-order valence-electron chi connectivity index (χ0n) is 16.7. The van der Waals surface area contributed by atoms with Crippen LogP contribution in [0.25, 0.3) is 12.2 Å². The lowest BCUT2D eigenvalue weighted by Gasteiger charge is -2.18. The van der Waals surface area contributed by atoms with Crippen molar-refractivity contribution >= 4 is 23.7 Å². The second-order valence-electron chi connectivity index (χ2n) is 6.91. The fourth-order valence-electron chi connectivity index (χ4n) is 3.25. The van der Waals surface area contributed by atoms with Crippen molar-refractivity contribution in [1.29, 1.82) is 0 Å². The van der Waals surface area contributed by atoms with E-state index in [1.54, 1.807) is 24.3 Å². The molecule has 156 valence electrons. The third-order valence-electron chi connectivity index (χ3n) is 4.75. The summed E-state index contributed by atoms with van der Waals surface area (Å²) in [6.45, 7) is -0.603. The molecule has 0 aliphatic carbocycles. The van der Waals surface area contributed by atoms with Crippen molar-refractivity contribution in [2.24, 2.45) is 5.92 Å². The average Bonchev–Trinajstić information content (AvgIpc) is 3.32. The topological polar surface area (TPSA) is 90.4 Å². The molecule has 0 aliphatic heterocycles. The molecule has 0 saturated heterocycles. The largest absolute Gasteiger partial charge is 0.469 e. The molecule has 0 amide bonds. The lowest BCUT2D eigenvalue weighted by Crippen LogP contribution is -2.32. The smallest absolute Gasteiger partial charge is 0.214 e. The summed E-state index contributed by atoms with van der Waals surface area (Å²) in [6, 6.07) is 21.4. The van der Waals surface area contributed by atoms with E-state index in [0.29, 0.717) is 0 Å². The summed E-state index contributed by atoms with van der Waals surface area (Å²) in [7, 11) is 0. The van der Waals surface area contributed by atoms with Gasteiger partial charge < -0.3 is 4.42 Å². The first kappa shape index (κ1) is 21.6. The molecule has 0 saturated carbocycles. The van der Waals surface area contributed by atoms with Crippen molar-refractivity contribution in [3.05, 3.63) is 118 Å². The van der Waals surface area contributed by atoms with Gasteiger partial charge in [0, 0.05) is 4.92 Å². The number of hydrogen-bond acceptors (Lipinski definition) is 5. The van der Waals surface area contributed by atoms with Crippen LogP contribution in [-0.2, 0) is 9.59 Å². The molecule has 1 heterocycles. The molecule has 6 nitrogen and oxygen atoms in total. The molecule has 1 atom stereocenters. The zero-order valence-corrected chi connectivity index (χ0v) is 16.7. The predicted octanol–water partition coefficient (Wildman–Crippen LogP) is 4.82. The molecule has 0 spiro atoms. The number of hydrogen-bond donors (Lipinski definition) is 0. The standard InChI is InChI=1S/C25H21NO5/c27-22(15-13-19-8-3-1-4-9-19)25(21(18-26(29)30)24-12-7-17-31-24)23(28)16-14-20-10-5-2-6-11-20/h1-17,21,25H,18H2/b15-13+,16-14+/t21-/m0/s1. The van der Waals surface area contributed by atoms with E-state index in [9.17, 15) is 19.7 Å². The van der Waals surface area contributed by atoms with Crippen molar-refractivity contribution < 1.29 is 18.9 Å². The number of ketones is 2. The number of carbonyl (C=O) groups is 2. The van der Waals surface area contributed by atoms with Crippen molar-refractivity contribution in [3.8, 4) is 0 Å². The van der Waals surface area contributed by atoms with Crippen LogP contribution in [0.4, 0.5) is 0 Å². The van der Waals surface area contributed by atoms with Crippen molar-refractivity contribution in [2.45, 2.75) is 5.92 Å². The lowest BCUT2D eigenvalue weighted by molar-refractivity contribution is -0.484. The molecule has 31 heavy (non-hydrogen) atoms. The Morgan fingerprint density at radius 2 is 1.35 bits per heavy atom. The Bertz CT molecular complexity index is 1010. The molecular formula is C25H21NO5. The molecule has 3 aromatic rings. The van der Waals surface area contributed by atoms with E-state index in [0.717, 1.165) is 11.1 Å². The van der Waals surface area contributed by atoms with Crippen LogP contribution in [0.1, 0.15) is 22.8 Å². The third-order valence-corrected chi connectivity index (χ3v) is 4.75. The van der Waals surface area contributed by atoms with Crippen LogP contribution < -0.4 is 0 Å². The number of nitro groups is 1. The molecule has 0 aliphatic rings. The fourth-order valence-corrected chi connectivity index (χ4v) is 3.25. The summed E-state index contributed by atoms with van der Waals surface area (Å²) in [5.41, 5.74) is 1.57. The van der Waals surface area contributed by atoms with Gasteiger partial charge in [0.05, 0.1) is 12.2 Å². The predicted molar refractivity (Wildman–Crippen MR) is 118 cm³/mol. The molecule has 0 N–H and O–H groups in total. The van der Waals surface area contributed by atoms with Crippen molar-refractivity contribution in [3.63, 3.8) is 0 Å². The van der Waals surface area contributed by atoms with Gasteiger partial charge in [-0.15, -0.1) is 0 Å². The summed E-state index contributed by atoms with van der Waals surface area (Å²) in [4.78, 5) is 36.9. The monoisotopic (exact) mass is 415 g/mol. The Balaban J connectivity index is 1.94. The van der Waals surface area contributed by atoms with Gasteiger partial charge in [-0.1, -0.05) is 72.8 Å².